The van der Waals surface area contributed by atoms with Crippen molar-refractivity contribution in [1.29, 1.82) is 0 Å². The summed E-state index contributed by atoms with van der Waals surface area (Å²) in [6.07, 6.45) is 1.99. The number of hydrogen-bond acceptors (Lipinski definition) is 5. The molecule has 0 saturated carbocycles. The first-order chi connectivity index (χ1) is 15.7. The third-order valence-electron chi connectivity index (χ3n) is 6.61. The van der Waals surface area contributed by atoms with Crippen LogP contribution in [-0.2, 0) is 26.1 Å². The fourth-order valence-electron chi connectivity index (χ4n) is 4.94. The van der Waals surface area contributed by atoms with Crippen molar-refractivity contribution in [1.82, 2.24) is 24.6 Å². The second-order valence-electron chi connectivity index (χ2n) is 8.86. The molecule has 2 aromatic carbocycles. The number of carboxylic acids is 1. The summed E-state index contributed by atoms with van der Waals surface area (Å²) in [5.74, 6) is 1.75. The lowest BCUT2D eigenvalue weighted by molar-refractivity contribution is 0.0696. The molecule has 1 atom stereocenters. The number of hydrogen-bond donors (Lipinski definition) is 1. The maximum atomic E-state index is 11.3. The zero-order valence-electron chi connectivity index (χ0n) is 18.2. The van der Waals surface area contributed by atoms with Crippen LogP contribution in [0.15, 0.2) is 54.6 Å². The Balaban J connectivity index is 1.22. The number of rotatable bonds is 6. The van der Waals surface area contributed by atoms with E-state index in [0.29, 0.717) is 11.5 Å². The van der Waals surface area contributed by atoms with Gasteiger partial charge in [0, 0.05) is 51.6 Å². The molecule has 1 fully saturated rings. The Morgan fingerprint density at radius 3 is 2.56 bits per heavy atom. The van der Waals surface area contributed by atoms with Gasteiger partial charge < -0.3 is 9.67 Å². The van der Waals surface area contributed by atoms with Crippen LogP contribution in [-0.4, -0.2) is 61.8 Å². The fraction of sp³-hybridized carbons (Fsp3) is 0.400. The van der Waals surface area contributed by atoms with E-state index in [0.717, 1.165) is 75.9 Å². The highest BCUT2D eigenvalue weighted by atomic mass is 16.4. The van der Waals surface area contributed by atoms with Crippen LogP contribution in [0, 0.1) is 0 Å². The maximum Gasteiger partial charge on any atom is 0.335 e. The Bertz CT molecular complexity index is 1080. The van der Waals surface area contributed by atoms with E-state index in [1.807, 2.05) is 12.1 Å². The summed E-state index contributed by atoms with van der Waals surface area (Å²) in [6, 6.07) is 17.9. The lowest BCUT2D eigenvalue weighted by atomic mass is 10.1. The van der Waals surface area contributed by atoms with Crippen LogP contribution in [0.2, 0.25) is 0 Å². The van der Waals surface area contributed by atoms with E-state index in [2.05, 4.69) is 54.9 Å². The van der Waals surface area contributed by atoms with E-state index in [1.165, 1.54) is 5.56 Å². The minimum absolute atomic E-state index is 0.345. The van der Waals surface area contributed by atoms with Gasteiger partial charge in [-0.25, -0.2) is 4.79 Å². The van der Waals surface area contributed by atoms with Crippen molar-refractivity contribution in [2.45, 2.75) is 38.4 Å². The number of fused-ring (bicyclic) bond motifs is 1. The standard InChI is InChI=1S/C25H29N5O2/c31-25(32)21-8-4-7-20(15-21)17-28-12-10-23-26-27-24(30(23)14-13-28)22-9-11-29(18-22)16-19-5-2-1-3-6-19/h1-8,15,22H,9-14,16-18H2,(H,31,32). The molecule has 5 rings (SSSR count). The molecule has 1 aromatic heterocycles. The van der Waals surface area contributed by atoms with Gasteiger partial charge in [-0.3, -0.25) is 9.80 Å². The van der Waals surface area contributed by atoms with Gasteiger partial charge in [-0.05, 0) is 36.2 Å². The van der Waals surface area contributed by atoms with Crippen molar-refractivity contribution in [2.24, 2.45) is 0 Å². The van der Waals surface area contributed by atoms with Gasteiger partial charge in [-0.15, -0.1) is 10.2 Å². The first-order valence-corrected chi connectivity index (χ1v) is 11.4. The first kappa shape index (κ1) is 20.8. The highest BCUT2D eigenvalue weighted by Crippen LogP contribution is 2.28. The van der Waals surface area contributed by atoms with Crippen LogP contribution in [0.1, 0.15) is 45.5 Å². The highest BCUT2D eigenvalue weighted by molar-refractivity contribution is 5.87. The molecule has 2 aliphatic rings. The van der Waals surface area contributed by atoms with Gasteiger partial charge in [-0.2, -0.15) is 0 Å². The van der Waals surface area contributed by atoms with Crippen LogP contribution in [0.5, 0.6) is 0 Å². The molecule has 0 bridgehead atoms. The number of benzene rings is 2. The summed E-state index contributed by atoms with van der Waals surface area (Å²) in [6.45, 7) is 6.55. The summed E-state index contributed by atoms with van der Waals surface area (Å²) in [5, 5.41) is 18.4. The largest absolute Gasteiger partial charge is 0.478 e. The van der Waals surface area contributed by atoms with E-state index in [1.54, 1.807) is 12.1 Å². The van der Waals surface area contributed by atoms with Crippen molar-refractivity contribution in [3.05, 3.63) is 82.9 Å². The molecule has 1 N–H and O–H groups in total. The molecule has 2 aliphatic heterocycles. The minimum atomic E-state index is -0.878. The van der Waals surface area contributed by atoms with Crippen LogP contribution < -0.4 is 0 Å². The topological polar surface area (TPSA) is 74.5 Å². The summed E-state index contributed by atoms with van der Waals surface area (Å²) >= 11 is 0. The molecule has 0 amide bonds. The molecule has 3 aromatic rings. The second kappa shape index (κ2) is 9.22. The van der Waals surface area contributed by atoms with Gasteiger partial charge in [0.25, 0.3) is 0 Å². The van der Waals surface area contributed by atoms with E-state index < -0.39 is 5.97 Å². The van der Waals surface area contributed by atoms with Crippen LogP contribution >= 0.6 is 0 Å². The molecule has 7 heteroatoms. The molecule has 3 heterocycles. The van der Waals surface area contributed by atoms with Crippen molar-refractivity contribution in [2.75, 3.05) is 26.2 Å². The van der Waals surface area contributed by atoms with Gasteiger partial charge in [0.1, 0.15) is 11.6 Å². The van der Waals surface area contributed by atoms with Crippen molar-refractivity contribution in [3.63, 3.8) is 0 Å². The number of nitrogens with zero attached hydrogens (tertiary/aromatic N) is 5. The van der Waals surface area contributed by atoms with Crippen LogP contribution in [0.25, 0.3) is 0 Å². The average molecular weight is 432 g/mol. The molecule has 0 aliphatic carbocycles. The number of likely N-dealkylation sites (tertiary alicyclic amines) is 1. The van der Waals surface area contributed by atoms with Crippen molar-refractivity contribution >= 4 is 5.97 Å². The first-order valence-electron chi connectivity index (χ1n) is 11.4. The predicted molar refractivity (Wildman–Crippen MR) is 121 cm³/mol. The zero-order chi connectivity index (χ0) is 21.9. The molecule has 1 saturated heterocycles. The van der Waals surface area contributed by atoms with E-state index >= 15 is 0 Å². The van der Waals surface area contributed by atoms with E-state index in [9.17, 15) is 9.90 Å². The molecular weight excluding hydrogens is 402 g/mol. The third kappa shape index (κ3) is 4.59. The Morgan fingerprint density at radius 1 is 0.906 bits per heavy atom. The molecular formula is C25H29N5O2. The number of carbonyl (C=O) groups is 1. The summed E-state index contributed by atoms with van der Waals surface area (Å²) in [7, 11) is 0. The van der Waals surface area contributed by atoms with Crippen LogP contribution in [0.4, 0.5) is 0 Å². The highest BCUT2D eigenvalue weighted by Gasteiger charge is 2.30. The van der Waals surface area contributed by atoms with E-state index in [-0.39, 0.29) is 0 Å². The van der Waals surface area contributed by atoms with Gasteiger partial charge >= 0.3 is 5.97 Å². The summed E-state index contributed by atoms with van der Waals surface area (Å²) in [4.78, 5) is 16.2. The van der Waals surface area contributed by atoms with Crippen molar-refractivity contribution in [3.8, 4) is 0 Å². The normalized spacial score (nSPS) is 19.6. The number of aromatic nitrogens is 3. The number of aromatic carboxylic acids is 1. The SMILES string of the molecule is O=C(O)c1cccc(CN2CCc3nnc(C4CCN(Cc5ccccc5)C4)n3CC2)c1. The predicted octanol–water partition coefficient (Wildman–Crippen LogP) is 3.02. The molecule has 32 heavy (non-hydrogen) atoms. The average Bonchev–Trinajstić information content (AvgIpc) is 3.38. The Hall–Kier alpha value is -3.03. The molecule has 0 spiro atoms. The lowest BCUT2D eigenvalue weighted by Crippen LogP contribution is -2.27. The lowest BCUT2D eigenvalue weighted by Gasteiger charge is -2.20. The molecule has 1 unspecified atom stereocenters. The fourth-order valence-corrected chi connectivity index (χ4v) is 4.94. The maximum absolute atomic E-state index is 11.3. The smallest absolute Gasteiger partial charge is 0.335 e. The Labute approximate surface area is 188 Å². The third-order valence-corrected chi connectivity index (χ3v) is 6.61. The van der Waals surface area contributed by atoms with Gasteiger partial charge in [-0.1, -0.05) is 42.5 Å². The monoisotopic (exact) mass is 431 g/mol. The molecule has 166 valence electrons. The van der Waals surface area contributed by atoms with Gasteiger partial charge in [0.05, 0.1) is 5.56 Å². The number of carboxylic acid groups (broad SMARTS) is 1. The summed E-state index contributed by atoms with van der Waals surface area (Å²) < 4.78 is 2.34. The quantitative estimate of drug-likeness (QED) is 0.647. The Kier molecular flexibility index (Phi) is 6.01. The van der Waals surface area contributed by atoms with Crippen molar-refractivity contribution < 1.29 is 9.90 Å². The zero-order valence-corrected chi connectivity index (χ0v) is 18.2. The second-order valence-corrected chi connectivity index (χ2v) is 8.86. The van der Waals surface area contributed by atoms with Gasteiger partial charge in [0.15, 0.2) is 0 Å². The van der Waals surface area contributed by atoms with Crippen LogP contribution in [0.3, 0.4) is 0 Å². The molecule has 0 radical (unpaired) electrons. The van der Waals surface area contributed by atoms with E-state index in [4.69, 9.17) is 0 Å². The molecule has 7 nitrogen and oxygen atoms in total. The summed E-state index contributed by atoms with van der Waals surface area (Å²) in [5.41, 5.74) is 2.74. The minimum Gasteiger partial charge on any atom is -0.478 e. The van der Waals surface area contributed by atoms with Gasteiger partial charge in [0.2, 0.25) is 0 Å². The Morgan fingerprint density at radius 2 is 1.72 bits per heavy atom.